The number of aliphatic hydroxyl groups is 2. The van der Waals surface area contributed by atoms with Gasteiger partial charge in [-0.25, -0.2) is 4.79 Å². The van der Waals surface area contributed by atoms with E-state index in [4.69, 9.17) is 28.4 Å². The van der Waals surface area contributed by atoms with Crippen molar-refractivity contribution in [3.05, 3.63) is 29.8 Å². The molecule has 14 heteroatoms. The van der Waals surface area contributed by atoms with E-state index in [-0.39, 0.29) is 48.6 Å². The molecule has 292 valence electrons. The Kier molecular flexibility index (Phi) is 9.76. The van der Waals surface area contributed by atoms with Gasteiger partial charge < -0.3 is 44.0 Å². The van der Waals surface area contributed by atoms with Crippen molar-refractivity contribution in [3.63, 3.8) is 0 Å². The maximum atomic E-state index is 14.0. The summed E-state index contributed by atoms with van der Waals surface area (Å²) in [6, 6.07) is 6.01. The number of likely N-dealkylation sites (N-methyl/N-ethyl adjacent to an activating group) is 1. The van der Waals surface area contributed by atoms with E-state index in [9.17, 15) is 29.4 Å². The van der Waals surface area contributed by atoms with Crippen LogP contribution in [0.15, 0.2) is 24.3 Å². The molecule has 53 heavy (non-hydrogen) atoms. The Morgan fingerprint density at radius 2 is 1.79 bits per heavy atom. The van der Waals surface area contributed by atoms with Crippen LogP contribution in [-0.4, -0.2) is 129 Å². The number of nitrogens with zero attached hydrogens (tertiary/aromatic N) is 1. The lowest BCUT2D eigenvalue weighted by Gasteiger charge is -2.70. The number of nitrogens with one attached hydrogen (secondary N) is 1. The number of esters is 3. The van der Waals surface area contributed by atoms with E-state index in [0.29, 0.717) is 32.4 Å². The van der Waals surface area contributed by atoms with Crippen molar-refractivity contribution < 1.29 is 57.8 Å². The average Bonchev–Trinajstić information content (AvgIpc) is 3.53. The van der Waals surface area contributed by atoms with Crippen molar-refractivity contribution >= 4 is 29.5 Å². The number of rotatable bonds is 12. The number of methoxy groups -OCH3 is 4. The Morgan fingerprint density at radius 3 is 2.43 bits per heavy atom. The number of fused-ring (bicyclic) bond motifs is 2. The van der Waals surface area contributed by atoms with Gasteiger partial charge in [-0.15, -0.1) is 0 Å². The van der Waals surface area contributed by atoms with Crippen LogP contribution in [0.3, 0.4) is 0 Å². The maximum Gasteiger partial charge on any atom is 0.340 e. The van der Waals surface area contributed by atoms with Gasteiger partial charge in [0.25, 0.3) is 0 Å². The molecule has 3 N–H and O–H groups in total. The number of benzene rings is 1. The summed E-state index contributed by atoms with van der Waals surface area (Å²) < 4.78 is 35.8. The van der Waals surface area contributed by atoms with Crippen molar-refractivity contribution in [2.24, 2.45) is 40.4 Å². The van der Waals surface area contributed by atoms with Gasteiger partial charge in [0.1, 0.15) is 17.3 Å². The van der Waals surface area contributed by atoms with Crippen molar-refractivity contribution in [1.29, 1.82) is 0 Å². The number of carbonyl (C=O) groups excluding carboxylic acids is 4. The number of piperidine rings is 1. The first kappa shape index (κ1) is 38.1. The smallest absolute Gasteiger partial charge is 0.340 e. The highest BCUT2D eigenvalue weighted by molar-refractivity contribution is 6.02. The molecular formula is C39H54N2O12. The highest BCUT2D eigenvalue weighted by atomic mass is 16.6. The molecule has 7 bridgehead atoms. The number of para-hydroxylation sites is 1. The number of anilines is 1. The zero-order valence-electron chi connectivity index (χ0n) is 31.7. The number of ether oxygens (including phenoxy) is 6. The molecule has 1 saturated heterocycles. The predicted molar refractivity (Wildman–Crippen MR) is 187 cm³/mol. The molecule has 5 aliphatic carbocycles. The number of hydrogen-bond acceptors (Lipinski definition) is 13. The highest BCUT2D eigenvalue weighted by Gasteiger charge is 2.92. The van der Waals surface area contributed by atoms with Crippen molar-refractivity contribution in [2.45, 2.75) is 94.5 Å². The van der Waals surface area contributed by atoms with Crippen molar-refractivity contribution in [3.8, 4) is 0 Å². The first-order valence-electron chi connectivity index (χ1n) is 18.8. The third-order valence-corrected chi connectivity index (χ3v) is 14.4. The quantitative estimate of drug-likeness (QED) is 0.210. The molecule has 14 unspecified atom stereocenters. The molecule has 6 fully saturated rings. The van der Waals surface area contributed by atoms with Gasteiger partial charge in [0.2, 0.25) is 5.91 Å². The van der Waals surface area contributed by atoms with E-state index in [1.807, 2.05) is 6.92 Å². The molecule has 1 spiro atoms. The molecule has 14 atom stereocenters. The summed E-state index contributed by atoms with van der Waals surface area (Å²) in [5.41, 5.74) is -4.63. The molecule has 0 aromatic heterocycles. The third-order valence-electron chi connectivity index (χ3n) is 14.4. The van der Waals surface area contributed by atoms with Gasteiger partial charge in [-0.3, -0.25) is 19.3 Å². The SMILES string of the molecule is CCN1CC2(COC(=O)c3ccccc3NC(=O)C(C)CC(=O)OC)CCC(OC)C34C5CC6C(OC)CC(O)(C5C6OC(C)=O)C(O)(C(OC)C23)C14. The van der Waals surface area contributed by atoms with E-state index >= 15 is 0 Å². The van der Waals surface area contributed by atoms with E-state index in [2.05, 4.69) is 10.2 Å². The molecule has 1 amide bonds. The number of likely N-dealkylation sites (tertiary alicyclic amines) is 1. The minimum absolute atomic E-state index is 0.0117. The van der Waals surface area contributed by atoms with E-state index in [1.165, 1.54) is 14.0 Å². The van der Waals surface area contributed by atoms with Gasteiger partial charge in [-0.05, 0) is 43.9 Å². The lowest BCUT2D eigenvalue weighted by molar-refractivity contribution is -0.319. The number of carbonyl (C=O) groups is 4. The zero-order chi connectivity index (χ0) is 38.2. The first-order chi connectivity index (χ1) is 25.2. The van der Waals surface area contributed by atoms with Gasteiger partial charge >= 0.3 is 17.9 Å². The Morgan fingerprint density at radius 1 is 1.06 bits per heavy atom. The fourth-order valence-electron chi connectivity index (χ4n) is 12.8. The second kappa shape index (κ2) is 13.6. The molecule has 1 heterocycles. The standard InChI is InChI=1S/C39H54N2O12/c1-8-41-18-36(19-52-34(45)22-11-9-10-12-25(22)40-33(44)20(2)15-28(43)50-6)14-13-27(49-5)38-24-16-23-26(48-4)17-37(46,29(24)30(23)53-21(3)42)39(47,35(38)41)32(51-7)31(36)38/h9-12,20,23-24,26-27,29-32,35,46-47H,8,13-19H2,1-7H3,(H,40,44). The van der Waals surface area contributed by atoms with Crippen LogP contribution in [0.25, 0.3) is 0 Å². The fraction of sp³-hybridized carbons (Fsp3) is 0.744. The summed E-state index contributed by atoms with van der Waals surface area (Å²) >= 11 is 0. The summed E-state index contributed by atoms with van der Waals surface area (Å²) in [5, 5.41) is 29.5. The topological polar surface area (TPSA) is 179 Å². The van der Waals surface area contributed by atoms with Crippen LogP contribution in [-0.2, 0) is 42.8 Å². The number of hydrogen-bond donors (Lipinski definition) is 3. The molecule has 5 saturated carbocycles. The second-order valence-corrected chi connectivity index (χ2v) is 16.4. The third kappa shape index (κ3) is 5.11. The van der Waals surface area contributed by atoms with Gasteiger partial charge in [0.15, 0.2) is 0 Å². The molecular weight excluding hydrogens is 688 g/mol. The molecule has 6 aliphatic rings. The summed E-state index contributed by atoms with van der Waals surface area (Å²) in [4.78, 5) is 53.7. The molecule has 14 nitrogen and oxygen atoms in total. The highest BCUT2D eigenvalue weighted by Crippen LogP contribution is 2.80. The Hall–Kier alpha value is -3.14. The van der Waals surface area contributed by atoms with Crippen LogP contribution in [0.5, 0.6) is 0 Å². The Balaban J connectivity index is 1.28. The molecule has 1 aromatic carbocycles. The van der Waals surface area contributed by atoms with Crippen LogP contribution in [0, 0.1) is 40.4 Å². The molecule has 7 rings (SSSR count). The molecule has 1 aromatic rings. The largest absolute Gasteiger partial charge is 0.469 e. The Labute approximate surface area is 310 Å². The van der Waals surface area contributed by atoms with E-state index in [0.717, 1.165) is 0 Å². The predicted octanol–water partition coefficient (Wildman–Crippen LogP) is 2.19. The fourth-order valence-corrected chi connectivity index (χ4v) is 12.8. The van der Waals surface area contributed by atoms with Gasteiger partial charge in [-0.1, -0.05) is 26.0 Å². The second-order valence-electron chi connectivity index (χ2n) is 16.4. The minimum atomic E-state index is -1.82. The normalized spacial score (nSPS) is 42.4. The van der Waals surface area contributed by atoms with E-state index < -0.39 is 88.0 Å². The lowest BCUT2D eigenvalue weighted by Crippen LogP contribution is -2.82. The average molecular weight is 743 g/mol. The zero-order valence-corrected chi connectivity index (χ0v) is 31.7. The lowest BCUT2D eigenvalue weighted by atomic mass is 9.42. The van der Waals surface area contributed by atoms with E-state index in [1.54, 1.807) is 52.5 Å². The van der Waals surface area contributed by atoms with Crippen LogP contribution in [0.2, 0.25) is 0 Å². The van der Waals surface area contributed by atoms with Gasteiger partial charge in [0, 0.05) is 75.7 Å². The van der Waals surface area contributed by atoms with Crippen LogP contribution in [0.1, 0.15) is 63.2 Å². The van der Waals surface area contributed by atoms with Crippen molar-refractivity contribution in [1.82, 2.24) is 4.90 Å². The molecule has 0 radical (unpaired) electrons. The molecule has 1 aliphatic heterocycles. The van der Waals surface area contributed by atoms with Crippen molar-refractivity contribution in [2.75, 3.05) is 53.5 Å². The summed E-state index contributed by atoms with van der Waals surface area (Å²) in [5.74, 6) is -4.19. The Bertz CT molecular complexity index is 1640. The minimum Gasteiger partial charge on any atom is -0.469 e. The van der Waals surface area contributed by atoms with Crippen LogP contribution >= 0.6 is 0 Å². The van der Waals surface area contributed by atoms with Crippen LogP contribution < -0.4 is 5.32 Å². The van der Waals surface area contributed by atoms with Gasteiger partial charge in [0.05, 0.1) is 55.7 Å². The monoisotopic (exact) mass is 742 g/mol. The van der Waals surface area contributed by atoms with Crippen LogP contribution in [0.4, 0.5) is 5.69 Å². The maximum absolute atomic E-state index is 14.0. The number of amides is 1. The summed E-state index contributed by atoms with van der Waals surface area (Å²) in [7, 11) is 6.11. The van der Waals surface area contributed by atoms with Gasteiger partial charge in [-0.2, -0.15) is 0 Å². The summed E-state index contributed by atoms with van der Waals surface area (Å²) in [6.07, 6.45) is -0.504. The summed E-state index contributed by atoms with van der Waals surface area (Å²) in [6.45, 7) is 6.01. The first-order valence-corrected chi connectivity index (χ1v) is 18.8.